The number of carbonyl (C=O) groups excluding carboxylic acids is 1. The summed E-state index contributed by atoms with van der Waals surface area (Å²) in [6.45, 7) is 1.46. The summed E-state index contributed by atoms with van der Waals surface area (Å²) < 4.78 is 0. The van der Waals surface area contributed by atoms with Crippen molar-refractivity contribution in [2.45, 2.75) is 19.4 Å². The quantitative estimate of drug-likeness (QED) is 0.874. The summed E-state index contributed by atoms with van der Waals surface area (Å²) in [7, 11) is 0. The molecular formula is C17H14Cl2N2O2. The number of nitrogens with zero attached hydrogens (tertiary/aromatic N) is 2. The minimum absolute atomic E-state index is 0.153. The first-order valence-electron chi connectivity index (χ1n) is 7.07. The number of carbonyl (C=O) groups is 1. The van der Waals surface area contributed by atoms with Crippen molar-refractivity contribution in [3.05, 3.63) is 63.6 Å². The maximum Gasteiger partial charge on any atom is 0.240 e. The standard InChI is InChI=1S/C17H14Cl2N2O2/c1-10(22)21-17(11-3-2-4-13(23)7-11)9-16(20-21)14-8-12(18)5-6-15(14)19/h2-8,17,23H,9H2,1H3. The summed E-state index contributed by atoms with van der Waals surface area (Å²) in [4.78, 5) is 11.9. The Morgan fingerprint density at radius 2 is 2.04 bits per heavy atom. The maximum absolute atomic E-state index is 11.9. The van der Waals surface area contributed by atoms with E-state index in [0.29, 0.717) is 27.7 Å². The highest BCUT2D eigenvalue weighted by molar-refractivity contribution is 6.36. The smallest absolute Gasteiger partial charge is 0.240 e. The zero-order chi connectivity index (χ0) is 16.6. The van der Waals surface area contributed by atoms with Crippen molar-refractivity contribution in [3.8, 4) is 5.75 Å². The first-order chi connectivity index (χ1) is 11.0. The molecule has 4 nitrogen and oxygen atoms in total. The first-order valence-corrected chi connectivity index (χ1v) is 7.83. The SMILES string of the molecule is CC(=O)N1N=C(c2cc(Cl)ccc2Cl)CC1c1cccc(O)c1. The lowest BCUT2D eigenvalue weighted by molar-refractivity contribution is -0.130. The number of amides is 1. The number of hydrazone groups is 1. The molecule has 1 atom stereocenters. The van der Waals surface area contributed by atoms with E-state index in [2.05, 4.69) is 5.10 Å². The Hall–Kier alpha value is -2.04. The molecule has 0 fully saturated rings. The second-order valence-electron chi connectivity index (χ2n) is 5.35. The van der Waals surface area contributed by atoms with Crippen molar-refractivity contribution in [1.82, 2.24) is 5.01 Å². The van der Waals surface area contributed by atoms with Crippen molar-refractivity contribution in [2.75, 3.05) is 0 Å². The Kier molecular flexibility index (Phi) is 4.28. The highest BCUT2D eigenvalue weighted by Crippen LogP contribution is 2.35. The number of phenolic OH excluding ortho intramolecular Hbond substituents is 1. The van der Waals surface area contributed by atoms with Gasteiger partial charge in [0, 0.05) is 29.0 Å². The molecule has 1 aliphatic rings. The molecule has 1 amide bonds. The van der Waals surface area contributed by atoms with Gasteiger partial charge < -0.3 is 5.11 Å². The Balaban J connectivity index is 2.00. The molecule has 0 bridgehead atoms. The molecule has 23 heavy (non-hydrogen) atoms. The van der Waals surface area contributed by atoms with Gasteiger partial charge in [-0.15, -0.1) is 0 Å². The third-order valence-electron chi connectivity index (χ3n) is 3.73. The second-order valence-corrected chi connectivity index (χ2v) is 6.19. The van der Waals surface area contributed by atoms with Gasteiger partial charge in [0.2, 0.25) is 5.91 Å². The van der Waals surface area contributed by atoms with Crippen LogP contribution in [0.15, 0.2) is 47.6 Å². The van der Waals surface area contributed by atoms with Crippen LogP contribution < -0.4 is 0 Å². The molecule has 0 aromatic heterocycles. The second kappa shape index (κ2) is 6.22. The van der Waals surface area contributed by atoms with E-state index in [9.17, 15) is 9.90 Å². The molecule has 1 heterocycles. The highest BCUT2D eigenvalue weighted by Gasteiger charge is 2.32. The molecule has 2 aromatic rings. The molecule has 2 aromatic carbocycles. The largest absolute Gasteiger partial charge is 0.508 e. The van der Waals surface area contributed by atoms with Crippen LogP contribution in [0.4, 0.5) is 0 Å². The van der Waals surface area contributed by atoms with Gasteiger partial charge >= 0.3 is 0 Å². The molecule has 0 saturated heterocycles. The van der Waals surface area contributed by atoms with E-state index in [1.165, 1.54) is 11.9 Å². The number of halogens is 2. The van der Waals surface area contributed by atoms with Gasteiger partial charge in [0.15, 0.2) is 0 Å². The van der Waals surface area contributed by atoms with Gasteiger partial charge in [-0.25, -0.2) is 5.01 Å². The Morgan fingerprint density at radius 1 is 1.26 bits per heavy atom. The van der Waals surface area contributed by atoms with Crippen molar-refractivity contribution >= 4 is 34.8 Å². The molecule has 118 valence electrons. The van der Waals surface area contributed by atoms with Crippen molar-refractivity contribution in [3.63, 3.8) is 0 Å². The molecule has 1 aliphatic heterocycles. The predicted octanol–water partition coefficient (Wildman–Crippen LogP) is 4.40. The van der Waals surface area contributed by atoms with E-state index < -0.39 is 0 Å². The molecule has 1 N–H and O–H groups in total. The van der Waals surface area contributed by atoms with Gasteiger partial charge in [-0.2, -0.15) is 5.10 Å². The fourth-order valence-electron chi connectivity index (χ4n) is 2.67. The number of hydrogen-bond acceptors (Lipinski definition) is 3. The topological polar surface area (TPSA) is 52.9 Å². The van der Waals surface area contributed by atoms with Crippen LogP contribution in [0.25, 0.3) is 0 Å². The summed E-state index contributed by atoms with van der Waals surface area (Å²) >= 11 is 12.3. The van der Waals surface area contributed by atoms with E-state index in [0.717, 1.165) is 5.56 Å². The van der Waals surface area contributed by atoms with E-state index in [1.54, 1.807) is 36.4 Å². The molecule has 0 spiro atoms. The van der Waals surface area contributed by atoms with Crippen LogP contribution in [0.3, 0.4) is 0 Å². The highest BCUT2D eigenvalue weighted by atomic mass is 35.5. The lowest BCUT2D eigenvalue weighted by Crippen LogP contribution is -2.24. The number of hydrogen-bond donors (Lipinski definition) is 1. The van der Waals surface area contributed by atoms with Crippen LogP contribution in [0.1, 0.15) is 30.5 Å². The Bertz CT molecular complexity index is 805. The summed E-state index contributed by atoms with van der Waals surface area (Å²) in [6.07, 6.45) is 0.503. The van der Waals surface area contributed by atoms with Gasteiger partial charge in [-0.1, -0.05) is 35.3 Å². The minimum Gasteiger partial charge on any atom is -0.508 e. The van der Waals surface area contributed by atoms with Gasteiger partial charge in [-0.3, -0.25) is 4.79 Å². The van der Waals surface area contributed by atoms with Crippen molar-refractivity contribution in [2.24, 2.45) is 5.10 Å². The Labute approximate surface area is 143 Å². The fraction of sp³-hybridized carbons (Fsp3) is 0.176. The summed E-state index contributed by atoms with van der Waals surface area (Å²) in [5, 5.41) is 16.6. The zero-order valence-electron chi connectivity index (χ0n) is 12.3. The third-order valence-corrected chi connectivity index (χ3v) is 4.29. The monoisotopic (exact) mass is 348 g/mol. The summed E-state index contributed by atoms with van der Waals surface area (Å²) in [5.41, 5.74) is 2.23. The van der Waals surface area contributed by atoms with Crippen LogP contribution in [-0.4, -0.2) is 21.7 Å². The van der Waals surface area contributed by atoms with E-state index >= 15 is 0 Å². The molecule has 1 unspecified atom stereocenters. The number of aromatic hydroxyl groups is 1. The number of rotatable bonds is 2. The van der Waals surface area contributed by atoms with Gasteiger partial charge in [-0.05, 0) is 35.9 Å². The van der Waals surface area contributed by atoms with Crippen LogP contribution in [-0.2, 0) is 4.79 Å². The van der Waals surface area contributed by atoms with Crippen molar-refractivity contribution in [1.29, 1.82) is 0 Å². The third kappa shape index (κ3) is 3.19. The fourth-order valence-corrected chi connectivity index (χ4v) is 3.07. The van der Waals surface area contributed by atoms with Gasteiger partial charge in [0.05, 0.1) is 11.8 Å². The summed E-state index contributed by atoms with van der Waals surface area (Å²) in [6, 6.07) is 11.7. The molecule has 0 saturated carbocycles. The van der Waals surface area contributed by atoms with Gasteiger partial charge in [0.25, 0.3) is 0 Å². The lowest BCUT2D eigenvalue weighted by atomic mass is 9.98. The molecule has 3 rings (SSSR count). The van der Waals surface area contributed by atoms with E-state index in [4.69, 9.17) is 23.2 Å². The van der Waals surface area contributed by atoms with E-state index in [-0.39, 0.29) is 17.7 Å². The Morgan fingerprint density at radius 3 is 2.74 bits per heavy atom. The number of benzene rings is 2. The zero-order valence-corrected chi connectivity index (χ0v) is 13.8. The molecular weight excluding hydrogens is 335 g/mol. The average Bonchev–Trinajstić information content (AvgIpc) is 2.95. The minimum atomic E-state index is -0.273. The van der Waals surface area contributed by atoms with Crippen LogP contribution in [0.5, 0.6) is 5.75 Å². The lowest BCUT2D eigenvalue weighted by Gasteiger charge is -2.20. The first kappa shape index (κ1) is 15.8. The average molecular weight is 349 g/mol. The normalized spacial score (nSPS) is 17.3. The molecule has 0 radical (unpaired) electrons. The van der Waals surface area contributed by atoms with Gasteiger partial charge in [0.1, 0.15) is 5.75 Å². The van der Waals surface area contributed by atoms with E-state index in [1.807, 2.05) is 6.07 Å². The number of phenols is 1. The van der Waals surface area contributed by atoms with Crippen LogP contribution in [0.2, 0.25) is 10.0 Å². The summed E-state index contributed by atoms with van der Waals surface area (Å²) in [5.74, 6) is -0.0215. The molecule has 6 heteroatoms. The molecule has 0 aliphatic carbocycles. The predicted molar refractivity (Wildman–Crippen MR) is 91.0 cm³/mol. The van der Waals surface area contributed by atoms with Crippen LogP contribution in [0, 0.1) is 0 Å². The van der Waals surface area contributed by atoms with Crippen molar-refractivity contribution < 1.29 is 9.90 Å². The van der Waals surface area contributed by atoms with Crippen LogP contribution >= 0.6 is 23.2 Å². The maximum atomic E-state index is 11.9.